The van der Waals surface area contributed by atoms with Crippen LogP contribution in [0.25, 0.3) is 0 Å². The van der Waals surface area contributed by atoms with Crippen molar-refractivity contribution in [1.29, 1.82) is 0 Å². The number of rotatable bonds is 2. The zero-order valence-corrected chi connectivity index (χ0v) is 17.1. The van der Waals surface area contributed by atoms with Crippen LogP contribution in [0.4, 0.5) is 9.59 Å². The Morgan fingerprint density at radius 1 is 1.07 bits per heavy atom. The average molecular weight is 389 g/mol. The van der Waals surface area contributed by atoms with E-state index in [4.69, 9.17) is 9.47 Å². The topological polar surface area (TPSA) is 71.1 Å². The summed E-state index contributed by atoms with van der Waals surface area (Å²) in [6.45, 7) is 9.08. The van der Waals surface area contributed by atoms with E-state index in [2.05, 4.69) is 5.32 Å². The van der Waals surface area contributed by atoms with Gasteiger partial charge in [-0.3, -0.25) is 4.90 Å². The molecule has 154 valence electrons. The number of carbonyl (C=O) groups excluding carboxylic acids is 2. The smallest absolute Gasteiger partial charge is 0.410 e. The molecular weight excluding hydrogens is 358 g/mol. The molecule has 1 aromatic rings. The summed E-state index contributed by atoms with van der Waals surface area (Å²) in [4.78, 5) is 28.8. The summed E-state index contributed by atoms with van der Waals surface area (Å²) >= 11 is 0. The minimum atomic E-state index is -0.508. The van der Waals surface area contributed by atoms with Crippen LogP contribution in [0.2, 0.25) is 0 Å². The number of likely N-dealkylation sites (tertiary alicyclic amines) is 1. The molecule has 0 saturated carbocycles. The number of nitrogens with one attached hydrogen (secondary N) is 1. The van der Waals surface area contributed by atoms with Crippen LogP contribution in [0.3, 0.4) is 0 Å². The summed E-state index contributed by atoms with van der Waals surface area (Å²) < 4.78 is 11.1. The van der Waals surface area contributed by atoms with E-state index in [0.717, 1.165) is 18.7 Å². The van der Waals surface area contributed by atoms with Crippen molar-refractivity contribution in [2.75, 3.05) is 32.7 Å². The number of carbonyl (C=O) groups is 2. The van der Waals surface area contributed by atoms with Gasteiger partial charge in [0.05, 0.1) is 5.54 Å². The number of hydrogen-bond acceptors (Lipinski definition) is 5. The predicted molar refractivity (Wildman–Crippen MR) is 106 cm³/mol. The molecule has 2 heterocycles. The minimum Gasteiger partial charge on any atom is -0.445 e. The number of nitrogens with zero attached hydrogens (tertiary/aromatic N) is 2. The molecule has 1 aromatic carbocycles. The van der Waals surface area contributed by atoms with Gasteiger partial charge in [-0.15, -0.1) is 0 Å². The first-order valence-corrected chi connectivity index (χ1v) is 9.96. The second-order valence-electron chi connectivity index (χ2n) is 8.56. The molecule has 28 heavy (non-hydrogen) atoms. The highest BCUT2D eigenvalue weighted by Gasteiger charge is 2.45. The van der Waals surface area contributed by atoms with Gasteiger partial charge in [0.25, 0.3) is 0 Å². The molecule has 0 unspecified atom stereocenters. The largest absolute Gasteiger partial charge is 0.445 e. The van der Waals surface area contributed by atoms with Crippen LogP contribution in [0.1, 0.15) is 39.2 Å². The lowest BCUT2D eigenvalue weighted by atomic mass is 9.84. The molecule has 0 radical (unpaired) electrons. The monoisotopic (exact) mass is 389 g/mol. The number of amides is 2. The molecule has 0 aromatic heterocycles. The summed E-state index contributed by atoms with van der Waals surface area (Å²) in [5.41, 5.74) is 0.149. The average Bonchev–Trinajstić information content (AvgIpc) is 2.66. The van der Waals surface area contributed by atoms with E-state index in [0.29, 0.717) is 32.5 Å². The Morgan fingerprint density at radius 3 is 2.39 bits per heavy atom. The lowest BCUT2D eigenvalue weighted by Gasteiger charge is -2.50. The molecule has 2 fully saturated rings. The normalized spacial score (nSPS) is 19.4. The van der Waals surface area contributed by atoms with Crippen molar-refractivity contribution < 1.29 is 19.1 Å². The van der Waals surface area contributed by atoms with Crippen molar-refractivity contribution >= 4 is 12.2 Å². The molecule has 2 aliphatic rings. The summed E-state index contributed by atoms with van der Waals surface area (Å²) in [5, 5.41) is 3.40. The number of piperazine rings is 1. The Hall–Kier alpha value is -2.28. The van der Waals surface area contributed by atoms with E-state index in [1.54, 1.807) is 4.90 Å². The Kier molecular flexibility index (Phi) is 6.13. The van der Waals surface area contributed by atoms with Crippen molar-refractivity contribution in [2.45, 2.75) is 51.4 Å². The van der Waals surface area contributed by atoms with Crippen molar-refractivity contribution in [2.24, 2.45) is 0 Å². The fourth-order valence-electron chi connectivity index (χ4n) is 3.81. The highest BCUT2D eigenvalue weighted by atomic mass is 16.6. The highest BCUT2D eigenvalue weighted by molar-refractivity contribution is 5.70. The third kappa shape index (κ3) is 4.95. The summed E-state index contributed by atoms with van der Waals surface area (Å²) in [6.07, 6.45) is 0.847. The first-order chi connectivity index (χ1) is 13.3. The number of piperidine rings is 1. The SMILES string of the molecule is CC(C)(C)OC(=O)N1CCC2(CC1)CNCCN2C(=O)OCc1ccccc1. The van der Waals surface area contributed by atoms with Gasteiger partial charge < -0.3 is 19.7 Å². The van der Waals surface area contributed by atoms with Crippen LogP contribution in [0.15, 0.2) is 30.3 Å². The zero-order valence-electron chi connectivity index (χ0n) is 17.1. The lowest BCUT2D eigenvalue weighted by Crippen LogP contribution is -2.66. The second-order valence-corrected chi connectivity index (χ2v) is 8.56. The minimum absolute atomic E-state index is 0.268. The van der Waals surface area contributed by atoms with Gasteiger partial charge in [0.15, 0.2) is 0 Å². The van der Waals surface area contributed by atoms with Crippen LogP contribution in [-0.2, 0) is 16.1 Å². The summed E-state index contributed by atoms with van der Waals surface area (Å²) in [6, 6.07) is 9.69. The van der Waals surface area contributed by atoms with E-state index in [1.807, 2.05) is 56.0 Å². The zero-order chi connectivity index (χ0) is 20.2. The van der Waals surface area contributed by atoms with Crippen LogP contribution < -0.4 is 5.32 Å². The quantitative estimate of drug-likeness (QED) is 0.842. The molecular formula is C21H31N3O4. The first-order valence-electron chi connectivity index (χ1n) is 9.96. The molecule has 3 rings (SSSR count). The molecule has 2 aliphatic heterocycles. The molecule has 0 bridgehead atoms. The second kappa shape index (κ2) is 8.39. The first kappa shape index (κ1) is 20.5. The fraction of sp³-hybridized carbons (Fsp3) is 0.619. The fourth-order valence-corrected chi connectivity index (χ4v) is 3.81. The third-order valence-electron chi connectivity index (χ3n) is 5.31. The Labute approximate surface area is 167 Å². The Balaban J connectivity index is 1.60. The van der Waals surface area contributed by atoms with Crippen molar-refractivity contribution in [3.05, 3.63) is 35.9 Å². The van der Waals surface area contributed by atoms with Crippen LogP contribution in [0, 0.1) is 0 Å². The molecule has 2 amide bonds. The van der Waals surface area contributed by atoms with Gasteiger partial charge in [-0.05, 0) is 39.2 Å². The Bertz CT molecular complexity index is 679. The van der Waals surface area contributed by atoms with Gasteiger partial charge in [0.2, 0.25) is 0 Å². The van der Waals surface area contributed by atoms with E-state index in [-0.39, 0.29) is 24.3 Å². The van der Waals surface area contributed by atoms with Crippen molar-refractivity contribution in [3.63, 3.8) is 0 Å². The molecule has 7 nitrogen and oxygen atoms in total. The van der Waals surface area contributed by atoms with E-state index < -0.39 is 5.60 Å². The molecule has 1 spiro atoms. The third-order valence-corrected chi connectivity index (χ3v) is 5.31. The van der Waals surface area contributed by atoms with Crippen LogP contribution in [-0.4, -0.2) is 65.9 Å². The van der Waals surface area contributed by atoms with Gasteiger partial charge in [-0.25, -0.2) is 9.59 Å². The molecule has 7 heteroatoms. The van der Waals surface area contributed by atoms with E-state index >= 15 is 0 Å². The van der Waals surface area contributed by atoms with E-state index in [9.17, 15) is 9.59 Å². The summed E-state index contributed by atoms with van der Waals surface area (Å²) in [7, 11) is 0. The molecule has 0 atom stereocenters. The number of benzene rings is 1. The van der Waals surface area contributed by atoms with Gasteiger partial charge in [0, 0.05) is 32.7 Å². The maximum Gasteiger partial charge on any atom is 0.410 e. The van der Waals surface area contributed by atoms with E-state index in [1.165, 1.54) is 0 Å². The number of ether oxygens (including phenoxy) is 2. The lowest BCUT2D eigenvalue weighted by molar-refractivity contribution is -0.0164. The van der Waals surface area contributed by atoms with Gasteiger partial charge >= 0.3 is 12.2 Å². The molecule has 0 aliphatic carbocycles. The van der Waals surface area contributed by atoms with Crippen LogP contribution in [0.5, 0.6) is 0 Å². The van der Waals surface area contributed by atoms with Gasteiger partial charge in [-0.1, -0.05) is 30.3 Å². The van der Waals surface area contributed by atoms with Gasteiger partial charge in [0.1, 0.15) is 12.2 Å². The summed E-state index contributed by atoms with van der Waals surface area (Å²) in [5.74, 6) is 0. The Morgan fingerprint density at radius 2 is 1.75 bits per heavy atom. The van der Waals surface area contributed by atoms with Crippen molar-refractivity contribution in [1.82, 2.24) is 15.1 Å². The molecule has 2 saturated heterocycles. The van der Waals surface area contributed by atoms with Crippen LogP contribution >= 0.6 is 0 Å². The molecule has 1 N–H and O–H groups in total. The van der Waals surface area contributed by atoms with Crippen molar-refractivity contribution in [3.8, 4) is 0 Å². The maximum absolute atomic E-state index is 12.8. The maximum atomic E-state index is 12.8. The highest BCUT2D eigenvalue weighted by Crippen LogP contribution is 2.31. The predicted octanol–water partition coefficient (Wildman–Crippen LogP) is 3.00. The standard InChI is InChI=1S/C21H31N3O4/c1-20(2,3)28-18(25)23-12-9-21(10-13-23)16-22-11-14-24(21)19(26)27-15-17-7-5-4-6-8-17/h4-8,22H,9-16H2,1-3H3. The number of hydrogen-bond donors (Lipinski definition) is 1. The van der Waals surface area contributed by atoms with Gasteiger partial charge in [-0.2, -0.15) is 0 Å².